The zero-order valence-corrected chi connectivity index (χ0v) is 16.5. The number of aliphatic carboxylic acids is 1. The van der Waals surface area contributed by atoms with Crippen LogP contribution in [-0.4, -0.2) is 32.9 Å². The number of halogens is 2. The molecule has 9 heteroatoms. The van der Waals surface area contributed by atoms with Crippen molar-refractivity contribution in [2.45, 2.75) is 12.1 Å². The van der Waals surface area contributed by atoms with Crippen molar-refractivity contribution in [3.8, 4) is 5.75 Å². The van der Waals surface area contributed by atoms with Crippen LogP contribution < -0.4 is 4.74 Å². The number of aryl methyl sites for hydroxylation is 1. The molecule has 0 unspecified atom stereocenters. The fourth-order valence-corrected chi connectivity index (χ4v) is 3.90. The average Bonchev–Trinajstić information content (AvgIpc) is 2.91. The van der Waals surface area contributed by atoms with Gasteiger partial charge in [0.15, 0.2) is 0 Å². The van der Waals surface area contributed by atoms with Gasteiger partial charge >= 0.3 is 5.97 Å². The number of nitrogens with zero attached hydrogens (tertiary/aromatic N) is 2. The number of hydrogen-bond donors (Lipinski definition) is 2. The molecule has 2 aromatic rings. The van der Waals surface area contributed by atoms with Gasteiger partial charge in [0.05, 0.1) is 8.95 Å². The number of thioether (sulfide) groups is 1. The second-order valence-electron chi connectivity index (χ2n) is 4.53. The van der Waals surface area contributed by atoms with Gasteiger partial charge in [-0.15, -0.1) is 5.10 Å². The monoisotopic (exact) mass is 473 g/mol. The maximum Gasteiger partial charge on any atom is 0.342 e. The quantitative estimate of drug-likeness (QED) is 0.350. The molecule has 1 heterocycles. The van der Waals surface area contributed by atoms with Gasteiger partial charge in [-0.2, -0.15) is 0 Å². The number of benzene rings is 1. The number of nitrogens with one attached hydrogen (secondary N) is 1. The van der Waals surface area contributed by atoms with Crippen LogP contribution >= 0.6 is 43.6 Å². The molecule has 0 aliphatic carbocycles. The van der Waals surface area contributed by atoms with E-state index in [2.05, 4.69) is 53.6 Å². The van der Waals surface area contributed by atoms with Crippen molar-refractivity contribution >= 4 is 55.7 Å². The van der Waals surface area contributed by atoms with Crippen molar-refractivity contribution in [3.05, 3.63) is 50.0 Å². The molecule has 0 aliphatic rings. The summed E-state index contributed by atoms with van der Waals surface area (Å²) in [6, 6.07) is 3.55. The molecule has 0 spiro atoms. The van der Waals surface area contributed by atoms with Crippen molar-refractivity contribution in [1.82, 2.24) is 15.2 Å². The van der Waals surface area contributed by atoms with E-state index in [0.29, 0.717) is 37.8 Å². The number of H-pyrrole nitrogens is 1. The smallest absolute Gasteiger partial charge is 0.342 e. The van der Waals surface area contributed by atoms with Crippen LogP contribution in [0.15, 0.2) is 43.8 Å². The summed E-state index contributed by atoms with van der Waals surface area (Å²) in [5.74, 6) is 0.194. The van der Waals surface area contributed by atoms with Crippen molar-refractivity contribution in [3.63, 3.8) is 0 Å². The van der Waals surface area contributed by atoms with Gasteiger partial charge in [0.2, 0.25) is 5.16 Å². The number of rotatable bonds is 7. The first-order chi connectivity index (χ1) is 11.4. The molecule has 6 nitrogen and oxygen atoms in total. The van der Waals surface area contributed by atoms with Crippen LogP contribution in [0.4, 0.5) is 0 Å². The van der Waals surface area contributed by atoms with Crippen LogP contribution in [0, 0.1) is 6.92 Å². The summed E-state index contributed by atoms with van der Waals surface area (Å²) in [5.41, 5.74) is 0.692. The summed E-state index contributed by atoms with van der Waals surface area (Å²) in [5, 5.41) is 16.4. The molecule has 1 aromatic heterocycles. The molecule has 0 atom stereocenters. The number of hydrogen-bond acceptors (Lipinski definition) is 5. The molecule has 0 saturated heterocycles. The van der Waals surface area contributed by atoms with Crippen molar-refractivity contribution < 1.29 is 14.6 Å². The van der Waals surface area contributed by atoms with Gasteiger partial charge in [0.1, 0.15) is 23.1 Å². The summed E-state index contributed by atoms with van der Waals surface area (Å²) in [4.78, 5) is 15.7. The van der Waals surface area contributed by atoms with Crippen molar-refractivity contribution in [2.24, 2.45) is 0 Å². The lowest BCUT2D eigenvalue weighted by atomic mass is 10.2. The zero-order valence-electron chi connectivity index (χ0n) is 12.5. The lowest BCUT2D eigenvalue weighted by Gasteiger charge is -2.10. The van der Waals surface area contributed by atoms with E-state index in [1.54, 1.807) is 31.2 Å². The van der Waals surface area contributed by atoms with Crippen LogP contribution in [0.25, 0.3) is 6.08 Å². The Bertz CT molecular complexity index is 782. The lowest BCUT2D eigenvalue weighted by molar-refractivity contribution is -0.131. The Morgan fingerprint density at radius 1 is 1.46 bits per heavy atom. The van der Waals surface area contributed by atoms with Gasteiger partial charge in [-0.1, -0.05) is 12.7 Å². The Morgan fingerprint density at radius 3 is 2.62 bits per heavy atom. The first-order valence-corrected chi connectivity index (χ1v) is 9.05. The first kappa shape index (κ1) is 18.8. The molecular weight excluding hydrogens is 462 g/mol. The second-order valence-corrected chi connectivity index (χ2v) is 7.25. The van der Waals surface area contributed by atoms with Gasteiger partial charge in [-0.05, 0) is 74.3 Å². The van der Waals surface area contributed by atoms with E-state index in [0.717, 1.165) is 11.8 Å². The minimum absolute atomic E-state index is 0.104. The highest BCUT2D eigenvalue weighted by molar-refractivity contribution is 9.11. The molecular formula is C15H13Br2N3O3S. The fourth-order valence-electron chi connectivity index (χ4n) is 1.70. The maximum atomic E-state index is 11.5. The largest absolute Gasteiger partial charge is 0.487 e. The average molecular weight is 475 g/mol. The lowest BCUT2D eigenvalue weighted by Crippen LogP contribution is -1.98. The van der Waals surface area contributed by atoms with Crippen LogP contribution in [0.5, 0.6) is 5.75 Å². The van der Waals surface area contributed by atoms with Crippen molar-refractivity contribution in [2.75, 3.05) is 6.61 Å². The minimum Gasteiger partial charge on any atom is -0.487 e. The Kier molecular flexibility index (Phi) is 6.64. The second kappa shape index (κ2) is 8.50. The Hall–Kier alpha value is -1.58. The summed E-state index contributed by atoms with van der Waals surface area (Å²) >= 11 is 7.82. The molecule has 0 aliphatic heterocycles. The highest BCUT2D eigenvalue weighted by atomic mass is 79.9. The van der Waals surface area contributed by atoms with Crippen LogP contribution in [0.3, 0.4) is 0 Å². The molecule has 0 saturated carbocycles. The number of aromatic nitrogens is 3. The van der Waals surface area contributed by atoms with E-state index >= 15 is 0 Å². The molecule has 0 bridgehead atoms. The van der Waals surface area contributed by atoms with Gasteiger partial charge in [0, 0.05) is 0 Å². The zero-order chi connectivity index (χ0) is 17.7. The number of carboxylic acid groups (broad SMARTS) is 1. The van der Waals surface area contributed by atoms with Crippen LogP contribution in [-0.2, 0) is 4.79 Å². The van der Waals surface area contributed by atoms with Gasteiger partial charge < -0.3 is 9.84 Å². The molecule has 0 fully saturated rings. The van der Waals surface area contributed by atoms with Crippen LogP contribution in [0.1, 0.15) is 11.4 Å². The Labute approximate surface area is 159 Å². The third kappa shape index (κ3) is 4.96. The topological polar surface area (TPSA) is 88.1 Å². The molecule has 1 aromatic carbocycles. The number of aromatic amines is 1. The summed E-state index contributed by atoms with van der Waals surface area (Å²) in [6.07, 6.45) is 3.19. The maximum absolute atomic E-state index is 11.5. The van der Waals surface area contributed by atoms with Gasteiger partial charge in [-0.25, -0.2) is 9.78 Å². The van der Waals surface area contributed by atoms with E-state index in [9.17, 15) is 9.90 Å². The number of carboxylic acids is 1. The summed E-state index contributed by atoms with van der Waals surface area (Å²) in [6.45, 7) is 5.72. The normalized spacial score (nSPS) is 11.4. The van der Waals surface area contributed by atoms with Crippen LogP contribution in [0.2, 0.25) is 0 Å². The van der Waals surface area contributed by atoms with E-state index in [1.807, 2.05) is 0 Å². The predicted molar refractivity (Wildman–Crippen MR) is 100 cm³/mol. The van der Waals surface area contributed by atoms with Gasteiger partial charge in [0.25, 0.3) is 0 Å². The van der Waals surface area contributed by atoms with Gasteiger partial charge in [-0.3, -0.25) is 5.10 Å². The standard InChI is InChI=1S/C15H13Br2N3O3S/c1-3-4-23-13-10(16)5-9(6-11(13)17)7-12(14(21)22)24-15-18-8(2)19-20-15/h3,5-7H,1,4H2,2H3,(H,21,22)(H,18,19,20)/b12-7-. The highest BCUT2D eigenvalue weighted by Crippen LogP contribution is 2.36. The van der Waals surface area contributed by atoms with E-state index in [1.165, 1.54) is 0 Å². The summed E-state index contributed by atoms with van der Waals surface area (Å²) < 4.78 is 6.95. The molecule has 2 N–H and O–H groups in total. The van der Waals surface area contributed by atoms with E-state index < -0.39 is 5.97 Å². The molecule has 126 valence electrons. The van der Waals surface area contributed by atoms with Crippen molar-refractivity contribution in [1.29, 1.82) is 0 Å². The number of carbonyl (C=O) groups is 1. The third-order valence-corrected chi connectivity index (χ3v) is 4.71. The Morgan fingerprint density at radius 2 is 2.12 bits per heavy atom. The van der Waals surface area contributed by atoms with E-state index in [4.69, 9.17) is 4.74 Å². The SMILES string of the molecule is C=CCOc1c(Br)cc(/C=C(\Sc2n[nH]c(C)n2)C(=O)O)cc1Br. The fraction of sp³-hybridized carbons (Fsp3) is 0.133. The first-order valence-electron chi connectivity index (χ1n) is 6.65. The predicted octanol–water partition coefficient (Wildman–Crippen LogP) is 4.42. The molecule has 0 amide bonds. The Balaban J connectivity index is 2.32. The minimum atomic E-state index is -1.05. The molecule has 2 rings (SSSR count). The van der Waals surface area contributed by atoms with E-state index in [-0.39, 0.29) is 4.91 Å². The molecule has 24 heavy (non-hydrogen) atoms. The third-order valence-electron chi connectivity index (χ3n) is 2.65. The molecule has 0 radical (unpaired) electrons. The number of ether oxygens (including phenoxy) is 1. The summed E-state index contributed by atoms with van der Waals surface area (Å²) in [7, 11) is 0. The highest BCUT2D eigenvalue weighted by Gasteiger charge is 2.14.